The number of hydrogen-bond donors (Lipinski definition) is 1. The fourth-order valence-corrected chi connectivity index (χ4v) is 0.467. The number of rotatable bonds is 3. The molecule has 0 radical (unpaired) electrons. The van der Waals surface area contributed by atoms with Gasteiger partial charge in [0.1, 0.15) is 0 Å². The van der Waals surface area contributed by atoms with E-state index in [0.717, 1.165) is 11.3 Å². The first-order valence-electron chi connectivity index (χ1n) is 2.98. The molecule has 0 spiro atoms. The molecule has 0 aromatic heterocycles. The Bertz CT molecular complexity index is 132. The van der Waals surface area contributed by atoms with Gasteiger partial charge >= 0.3 is 0 Å². The van der Waals surface area contributed by atoms with E-state index in [4.69, 9.17) is 0 Å². The molecule has 0 heterocycles. The van der Waals surface area contributed by atoms with E-state index >= 15 is 0 Å². The van der Waals surface area contributed by atoms with Crippen molar-refractivity contribution in [2.75, 3.05) is 0 Å². The normalized spacial score (nSPS) is 11.3. The van der Waals surface area contributed by atoms with Gasteiger partial charge in [-0.3, -0.25) is 0 Å². The summed E-state index contributed by atoms with van der Waals surface area (Å²) in [7, 11) is 0. The first-order chi connectivity index (χ1) is 4.27. The highest BCUT2D eigenvalue weighted by Gasteiger charge is 1.69. The van der Waals surface area contributed by atoms with E-state index in [1.807, 2.05) is 18.2 Å². The minimum absolute atomic E-state index is 0.788. The highest BCUT2D eigenvalue weighted by atomic mass is 32.1. The van der Waals surface area contributed by atoms with Crippen molar-refractivity contribution in [2.45, 2.75) is 13.3 Å². The van der Waals surface area contributed by atoms with Gasteiger partial charge in [0.15, 0.2) is 0 Å². The lowest BCUT2D eigenvalue weighted by Crippen LogP contribution is -1.55. The lowest BCUT2D eigenvalue weighted by atomic mass is 10.4. The summed E-state index contributed by atoms with van der Waals surface area (Å²) in [5.74, 6) is 0. The van der Waals surface area contributed by atoms with Crippen LogP contribution in [0.15, 0.2) is 35.8 Å². The third-order valence-corrected chi connectivity index (χ3v) is 0.921. The third-order valence-electron chi connectivity index (χ3n) is 0.772. The Morgan fingerprint density at radius 3 is 2.67 bits per heavy atom. The average molecular weight is 140 g/mol. The topological polar surface area (TPSA) is 0 Å². The van der Waals surface area contributed by atoms with Gasteiger partial charge in [0.05, 0.1) is 0 Å². The molecule has 0 amide bonds. The fraction of sp³-hybridized carbons (Fsp3) is 0.250. The smallest absolute Gasteiger partial charge is 0.00320 e. The number of thiol groups is 1. The van der Waals surface area contributed by atoms with Crippen LogP contribution in [0.1, 0.15) is 13.3 Å². The lowest BCUT2D eigenvalue weighted by Gasteiger charge is -1.78. The zero-order valence-electron chi connectivity index (χ0n) is 5.67. The summed E-state index contributed by atoms with van der Waals surface area (Å²) < 4.78 is 0. The molecule has 0 rings (SSSR count). The summed E-state index contributed by atoms with van der Waals surface area (Å²) in [4.78, 5) is 0.788. The molecular weight excluding hydrogens is 128 g/mol. The second-order valence-electron chi connectivity index (χ2n) is 1.69. The Kier molecular flexibility index (Phi) is 5.43. The van der Waals surface area contributed by atoms with Crippen LogP contribution >= 0.6 is 12.6 Å². The molecule has 0 atom stereocenters. The molecule has 50 valence electrons. The molecule has 0 aromatic carbocycles. The largest absolute Gasteiger partial charge is 0.144 e. The van der Waals surface area contributed by atoms with E-state index in [0.29, 0.717) is 0 Å². The van der Waals surface area contributed by atoms with Crippen LogP contribution in [0.2, 0.25) is 0 Å². The molecule has 0 unspecified atom stereocenters. The van der Waals surface area contributed by atoms with Gasteiger partial charge in [0, 0.05) is 0 Å². The second kappa shape index (κ2) is 5.70. The van der Waals surface area contributed by atoms with Crippen molar-refractivity contribution in [3.05, 3.63) is 35.8 Å². The molecule has 1 heteroatoms. The molecule has 0 aliphatic carbocycles. The third kappa shape index (κ3) is 7.57. The van der Waals surface area contributed by atoms with Crippen LogP contribution in [-0.2, 0) is 0 Å². The van der Waals surface area contributed by atoms with Crippen molar-refractivity contribution in [3.8, 4) is 0 Å². The minimum Gasteiger partial charge on any atom is -0.144 e. The zero-order valence-corrected chi connectivity index (χ0v) is 6.57. The van der Waals surface area contributed by atoms with Crippen LogP contribution in [0.25, 0.3) is 0 Å². The molecule has 0 aliphatic rings. The van der Waals surface area contributed by atoms with Gasteiger partial charge in [0.25, 0.3) is 0 Å². The van der Waals surface area contributed by atoms with Gasteiger partial charge in [0.2, 0.25) is 0 Å². The Balaban J connectivity index is 3.47. The van der Waals surface area contributed by atoms with Crippen molar-refractivity contribution in [2.24, 2.45) is 0 Å². The fourth-order valence-electron chi connectivity index (χ4n) is 0.381. The van der Waals surface area contributed by atoms with Crippen LogP contribution in [0.4, 0.5) is 0 Å². The monoisotopic (exact) mass is 140 g/mol. The van der Waals surface area contributed by atoms with Gasteiger partial charge in [-0.1, -0.05) is 31.7 Å². The molecule has 0 saturated heterocycles. The molecule has 0 aliphatic heterocycles. The maximum absolute atomic E-state index is 3.99. The van der Waals surface area contributed by atoms with Gasteiger partial charge in [-0.05, 0) is 17.4 Å². The van der Waals surface area contributed by atoms with Gasteiger partial charge in [-0.15, -0.1) is 12.6 Å². The SMILES string of the molecule is C=C(S)C=CC=CCC. The van der Waals surface area contributed by atoms with Gasteiger partial charge in [-0.2, -0.15) is 0 Å². The molecule has 9 heavy (non-hydrogen) atoms. The summed E-state index contributed by atoms with van der Waals surface area (Å²) in [6.07, 6.45) is 8.92. The molecule has 0 N–H and O–H groups in total. The summed E-state index contributed by atoms with van der Waals surface area (Å²) >= 11 is 3.99. The molecule has 0 aromatic rings. The molecule has 0 nitrogen and oxygen atoms in total. The van der Waals surface area contributed by atoms with E-state index < -0.39 is 0 Å². The van der Waals surface area contributed by atoms with Crippen molar-refractivity contribution < 1.29 is 0 Å². The Morgan fingerprint density at radius 1 is 1.56 bits per heavy atom. The van der Waals surface area contributed by atoms with Crippen molar-refractivity contribution in [1.29, 1.82) is 0 Å². The Morgan fingerprint density at radius 2 is 2.22 bits per heavy atom. The standard InChI is InChI=1S/C8H12S/c1-3-4-5-6-7-8(2)9/h4-7,9H,2-3H2,1H3. The minimum atomic E-state index is 0.788. The van der Waals surface area contributed by atoms with Crippen LogP contribution in [0.3, 0.4) is 0 Å². The van der Waals surface area contributed by atoms with Gasteiger partial charge < -0.3 is 0 Å². The van der Waals surface area contributed by atoms with Crippen molar-refractivity contribution in [3.63, 3.8) is 0 Å². The maximum Gasteiger partial charge on any atom is -0.00320 e. The molecular formula is C8H12S. The second-order valence-corrected chi connectivity index (χ2v) is 2.26. The number of allylic oxidation sites excluding steroid dienone is 4. The first-order valence-corrected chi connectivity index (χ1v) is 3.43. The van der Waals surface area contributed by atoms with E-state index in [2.05, 4.69) is 32.2 Å². The van der Waals surface area contributed by atoms with Crippen LogP contribution in [-0.4, -0.2) is 0 Å². The lowest BCUT2D eigenvalue weighted by molar-refractivity contribution is 1.22. The van der Waals surface area contributed by atoms with E-state index in [9.17, 15) is 0 Å². The highest BCUT2D eigenvalue weighted by Crippen LogP contribution is 1.96. The van der Waals surface area contributed by atoms with E-state index in [1.165, 1.54) is 0 Å². The Hall–Kier alpha value is -0.430. The van der Waals surface area contributed by atoms with Crippen LogP contribution in [0.5, 0.6) is 0 Å². The van der Waals surface area contributed by atoms with E-state index in [1.54, 1.807) is 0 Å². The Labute approximate surface area is 62.4 Å². The molecule has 0 fully saturated rings. The summed E-state index contributed by atoms with van der Waals surface area (Å²) in [5.41, 5.74) is 0. The summed E-state index contributed by atoms with van der Waals surface area (Å²) in [6.45, 7) is 5.69. The molecule has 0 saturated carbocycles. The van der Waals surface area contributed by atoms with Crippen molar-refractivity contribution >= 4 is 12.6 Å². The predicted octanol–water partition coefficient (Wildman–Crippen LogP) is 2.95. The average Bonchev–Trinajstić information content (AvgIpc) is 1.80. The van der Waals surface area contributed by atoms with Gasteiger partial charge in [-0.25, -0.2) is 0 Å². The quantitative estimate of drug-likeness (QED) is 0.452. The van der Waals surface area contributed by atoms with Crippen LogP contribution < -0.4 is 0 Å². The van der Waals surface area contributed by atoms with E-state index in [-0.39, 0.29) is 0 Å². The predicted molar refractivity (Wildman–Crippen MR) is 46.7 cm³/mol. The number of hydrogen-bond acceptors (Lipinski definition) is 1. The highest BCUT2D eigenvalue weighted by molar-refractivity contribution is 7.84. The zero-order chi connectivity index (χ0) is 7.11. The maximum atomic E-state index is 3.99. The summed E-state index contributed by atoms with van der Waals surface area (Å²) in [5, 5.41) is 0. The van der Waals surface area contributed by atoms with Crippen LogP contribution in [0, 0.1) is 0 Å². The van der Waals surface area contributed by atoms with Crippen molar-refractivity contribution in [1.82, 2.24) is 0 Å². The summed E-state index contributed by atoms with van der Waals surface area (Å²) in [6, 6.07) is 0. The first kappa shape index (κ1) is 8.57. The molecule has 0 bridgehead atoms.